The van der Waals surface area contributed by atoms with E-state index in [0.717, 1.165) is 36.4 Å². The maximum Gasteiger partial charge on any atom is 0.255 e. The van der Waals surface area contributed by atoms with Crippen LogP contribution in [0.5, 0.6) is 0 Å². The van der Waals surface area contributed by atoms with Gasteiger partial charge in [-0.15, -0.1) is 0 Å². The summed E-state index contributed by atoms with van der Waals surface area (Å²) < 4.78 is 0. The fourth-order valence-electron chi connectivity index (χ4n) is 3.18. The molecule has 1 aromatic carbocycles. The first-order valence-corrected chi connectivity index (χ1v) is 7.84. The summed E-state index contributed by atoms with van der Waals surface area (Å²) >= 11 is 0. The molecule has 1 atom stereocenters. The number of hydrogen-bond acceptors (Lipinski definition) is 3. The molecule has 4 nitrogen and oxygen atoms in total. The third-order valence-corrected chi connectivity index (χ3v) is 4.41. The first-order chi connectivity index (χ1) is 10.1. The van der Waals surface area contributed by atoms with Gasteiger partial charge in [0.25, 0.3) is 5.91 Å². The fourth-order valence-corrected chi connectivity index (χ4v) is 3.18. The van der Waals surface area contributed by atoms with Gasteiger partial charge in [0.2, 0.25) is 0 Å². The minimum Gasteiger partial charge on any atom is -0.387 e. The molecule has 0 aliphatic carbocycles. The molecule has 0 bridgehead atoms. The third kappa shape index (κ3) is 3.56. The van der Waals surface area contributed by atoms with E-state index in [2.05, 4.69) is 17.1 Å². The molecule has 1 saturated heterocycles. The number of nitrogens with zero attached hydrogens (tertiary/aromatic N) is 2. The number of nitrogens with one attached hydrogen (secondary N) is 1. The Bertz CT molecular complexity index is 501. The quantitative estimate of drug-likeness (QED) is 0.905. The Morgan fingerprint density at radius 3 is 2.90 bits per heavy atom. The van der Waals surface area contributed by atoms with Gasteiger partial charge in [-0.25, -0.2) is 0 Å². The molecule has 116 valence electrons. The van der Waals surface area contributed by atoms with Crippen molar-refractivity contribution in [3.05, 3.63) is 29.3 Å². The summed E-state index contributed by atoms with van der Waals surface area (Å²) in [6, 6.07) is 6.48. The minimum atomic E-state index is 0.103. The number of carbonyl (C=O) groups excluding carboxylic acids is 1. The first-order valence-electron chi connectivity index (χ1n) is 7.84. The molecule has 1 aliphatic rings. The van der Waals surface area contributed by atoms with Crippen molar-refractivity contribution in [2.75, 3.05) is 39.0 Å². The number of aryl methyl sites for hydroxylation is 1. The van der Waals surface area contributed by atoms with Crippen LogP contribution in [0.2, 0.25) is 0 Å². The standard InChI is InChI=1S/C17H27N3O/c1-5-20-10-6-7-14(20)12-19(4)17(21)15-11-13(2)8-9-16(15)18-3/h8-9,11,14,18H,5-7,10,12H2,1-4H3. The zero-order valence-electron chi connectivity index (χ0n) is 13.6. The van der Waals surface area contributed by atoms with Crippen LogP contribution in [0, 0.1) is 6.92 Å². The molecule has 4 heteroatoms. The largest absolute Gasteiger partial charge is 0.387 e. The molecule has 21 heavy (non-hydrogen) atoms. The molecular formula is C17H27N3O. The highest BCUT2D eigenvalue weighted by molar-refractivity contribution is 5.99. The molecule has 1 heterocycles. The first kappa shape index (κ1) is 15.8. The lowest BCUT2D eigenvalue weighted by Crippen LogP contribution is -2.41. The van der Waals surface area contributed by atoms with Gasteiger partial charge in [-0.2, -0.15) is 0 Å². The summed E-state index contributed by atoms with van der Waals surface area (Å²) in [7, 11) is 3.77. The van der Waals surface area contributed by atoms with E-state index in [1.54, 1.807) is 0 Å². The molecular weight excluding hydrogens is 262 g/mol. The van der Waals surface area contributed by atoms with E-state index in [9.17, 15) is 4.79 Å². The van der Waals surface area contributed by atoms with E-state index in [-0.39, 0.29) is 5.91 Å². The number of anilines is 1. The summed E-state index contributed by atoms with van der Waals surface area (Å²) in [6.07, 6.45) is 2.44. The van der Waals surface area contributed by atoms with Gasteiger partial charge >= 0.3 is 0 Å². The Kier molecular flexibility index (Phi) is 5.23. The number of amides is 1. The van der Waals surface area contributed by atoms with Crippen LogP contribution in [0.4, 0.5) is 5.69 Å². The number of hydrogen-bond donors (Lipinski definition) is 1. The average Bonchev–Trinajstić information content (AvgIpc) is 2.93. The lowest BCUT2D eigenvalue weighted by atomic mass is 10.1. The van der Waals surface area contributed by atoms with E-state index in [0.29, 0.717) is 6.04 Å². The van der Waals surface area contributed by atoms with Crippen LogP contribution in [0.1, 0.15) is 35.7 Å². The van der Waals surface area contributed by atoms with Gasteiger partial charge in [0, 0.05) is 32.4 Å². The van der Waals surface area contributed by atoms with Gasteiger partial charge in [-0.05, 0) is 45.0 Å². The molecule has 1 aliphatic heterocycles. The molecule has 0 radical (unpaired) electrons. The summed E-state index contributed by atoms with van der Waals surface area (Å²) in [6.45, 7) is 7.25. The van der Waals surface area contributed by atoms with E-state index >= 15 is 0 Å². The monoisotopic (exact) mass is 289 g/mol. The van der Waals surface area contributed by atoms with Gasteiger partial charge in [-0.3, -0.25) is 9.69 Å². The fraction of sp³-hybridized carbons (Fsp3) is 0.588. The van der Waals surface area contributed by atoms with Crippen LogP contribution < -0.4 is 5.32 Å². The van der Waals surface area contributed by atoms with Crippen molar-refractivity contribution in [3.8, 4) is 0 Å². The van der Waals surface area contributed by atoms with Crippen molar-refractivity contribution in [3.63, 3.8) is 0 Å². The summed E-state index contributed by atoms with van der Waals surface area (Å²) in [5, 5.41) is 3.11. The molecule has 1 N–H and O–H groups in total. The molecule has 2 rings (SSSR count). The second kappa shape index (κ2) is 6.94. The summed E-state index contributed by atoms with van der Waals surface area (Å²) in [4.78, 5) is 17.1. The van der Waals surface area contributed by atoms with Crippen LogP contribution in [0.25, 0.3) is 0 Å². The topological polar surface area (TPSA) is 35.6 Å². The van der Waals surface area contributed by atoms with Crippen molar-refractivity contribution in [1.29, 1.82) is 0 Å². The highest BCUT2D eigenvalue weighted by atomic mass is 16.2. The molecule has 1 unspecified atom stereocenters. The maximum absolute atomic E-state index is 12.7. The van der Waals surface area contributed by atoms with Crippen LogP contribution in [0.3, 0.4) is 0 Å². The van der Waals surface area contributed by atoms with E-state index in [1.165, 1.54) is 12.8 Å². The van der Waals surface area contributed by atoms with Crippen molar-refractivity contribution in [1.82, 2.24) is 9.80 Å². The summed E-state index contributed by atoms with van der Waals surface area (Å²) in [5.74, 6) is 0.103. The second-order valence-electron chi connectivity index (χ2n) is 5.91. The van der Waals surface area contributed by atoms with Gasteiger partial charge in [0.05, 0.1) is 5.56 Å². The number of likely N-dealkylation sites (tertiary alicyclic amines) is 1. The normalized spacial score (nSPS) is 18.8. The molecule has 1 fully saturated rings. The van der Waals surface area contributed by atoms with Crippen LogP contribution in [-0.4, -0.2) is 55.5 Å². The van der Waals surface area contributed by atoms with Crippen LogP contribution in [0.15, 0.2) is 18.2 Å². The van der Waals surface area contributed by atoms with Gasteiger partial charge in [-0.1, -0.05) is 18.6 Å². The van der Waals surface area contributed by atoms with Crippen LogP contribution >= 0.6 is 0 Å². The number of rotatable bonds is 5. The Morgan fingerprint density at radius 2 is 2.24 bits per heavy atom. The SMILES string of the molecule is CCN1CCCC1CN(C)C(=O)c1cc(C)ccc1NC. The minimum absolute atomic E-state index is 0.103. The number of likely N-dealkylation sites (N-methyl/N-ethyl adjacent to an activating group) is 2. The zero-order chi connectivity index (χ0) is 15.4. The average molecular weight is 289 g/mol. The van der Waals surface area contributed by atoms with Gasteiger partial charge in [0.15, 0.2) is 0 Å². The zero-order valence-corrected chi connectivity index (χ0v) is 13.6. The van der Waals surface area contributed by atoms with Crippen molar-refractivity contribution >= 4 is 11.6 Å². The predicted octanol–water partition coefficient (Wildman–Crippen LogP) is 2.59. The smallest absolute Gasteiger partial charge is 0.255 e. The molecule has 0 spiro atoms. The molecule has 0 saturated carbocycles. The van der Waals surface area contributed by atoms with Gasteiger partial charge < -0.3 is 10.2 Å². The van der Waals surface area contributed by atoms with Crippen molar-refractivity contribution in [2.45, 2.75) is 32.7 Å². The Labute approximate surface area is 128 Å². The third-order valence-electron chi connectivity index (χ3n) is 4.41. The Morgan fingerprint density at radius 1 is 1.48 bits per heavy atom. The Hall–Kier alpha value is -1.55. The number of benzene rings is 1. The lowest BCUT2D eigenvalue weighted by Gasteiger charge is -2.28. The van der Waals surface area contributed by atoms with Crippen molar-refractivity contribution < 1.29 is 4.79 Å². The van der Waals surface area contributed by atoms with E-state index < -0.39 is 0 Å². The lowest BCUT2D eigenvalue weighted by molar-refractivity contribution is 0.0755. The summed E-state index contributed by atoms with van der Waals surface area (Å²) in [5.41, 5.74) is 2.78. The highest BCUT2D eigenvalue weighted by Gasteiger charge is 2.26. The highest BCUT2D eigenvalue weighted by Crippen LogP contribution is 2.21. The Balaban J connectivity index is 2.10. The predicted molar refractivity (Wildman–Crippen MR) is 88.0 cm³/mol. The van der Waals surface area contributed by atoms with E-state index in [1.807, 2.05) is 44.1 Å². The molecule has 1 amide bonds. The second-order valence-corrected chi connectivity index (χ2v) is 5.91. The molecule has 1 aromatic rings. The van der Waals surface area contributed by atoms with Crippen LogP contribution in [-0.2, 0) is 0 Å². The van der Waals surface area contributed by atoms with Crippen molar-refractivity contribution in [2.24, 2.45) is 0 Å². The van der Waals surface area contributed by atoms with E-state index in [4.69, 9.17) is 0 Å². The maximum atomic E-state index is 12.7. The molecule has 0 aromatic heterocycles. The van der Waals surface area contributed by atoms with Gasteiger partial charge in [0.1, 0.15) is 0 Å². The number of carbonyl (C=O) groups is 1.